The number of carbonyl (C=O) groups excluding carboxylic acids is 2. The third-order valence-corrected chi connectivity index (χ3v) is 3.59. The van der Waals surface area contributed by atoms with Crippen molar-refractivity contribution in [1.82, 2.24) is 10.4 Å². The number of primary amides is 1. The summed E-state index contributed by atoms with van der Waals surface area (Å²) in [5, 5.41) is 11.9. The molecular weight excluding hydrogens is 379 g/mol. The van der Waals surface area contributed by atoms with Crippen LogP contribution in [-0.4, -0.2) is 28.3 Å². The number of nitrogens with two attached hydrogens (primary N) is 1. The minimum Gasteiger partial charge on any atom is -0.443 e. The van der Waals surface area contributed by atoms with Crippen LogP contribution in [0, 0.1) is 11.8 Å². The van der Waals surface area contributed by atoms with E-state index in [0.717, 1.165) is 6.07 Å². The predicted octanol–water partition coefficient (Wildman–Crippen LogP) is 2.74. The smallest absolute Gasteiger partial charge is 0.416 e. The third kappa shape index (κ3) is 5.28. The molecule has 2 aromatic rings. The molecular formula is C18H16F3N3O4. The molecule has 0 bridgehead atoms. The normalized spacial score (nSPS) is 11.9. The molecule has 0 aliphatic heterocycles. The molecule has 1 atom stereocenters. The first-order chi connectivity index (χ1) is 13.1. The summed E-state index contributed by atoms with van der Waals surface area (Å²) in [7, 11) is 0. The monoisotopic (exact) mass is 395 g/mol. The summed E-state index contributed by atoms with van der Waals surface area (Å²) in [6.07, 6.45) is -4.53. The molecule has 0 saturated heterocycles. The van der Waals surface area contributed by atoms with Gasteiger partial charge in [0.25, 0.3) is 5.91 Å². The molecule has 0 saturated carbocycles. The van der Waals surface area contributed by atoms with Gasteiger partial charge < -0.3 is 15.5 Å². The van der Waals surface area contributed by atoms with Gasteiger partial charge in [-0.25, -0.2) is 4.79 Å². The molecule has 148 valence electrons. The number of nitrogens with zero attached hydrogens (tertiary/aromatic N) is 1. The number of carbonyl (C=O) groups is 2. The van der Waals surface area contributed by atoms with E-state index in [0.29, 0.717) is 0 Å². The molecule has 10 heteroatoms. The average molecular weight is 395 g/mol. The maximum Gasteiger partial charge on any atom is 0.416 e. The van der Waals surface area contributed by atoms with Gasteiger partial charge in [-0.15, -0.1) is 0 Å². The maximum atomic E-state index is 13.0. The van der Waals surface area contributed by atoms with Crippen LogP contribution in [-0.2, 0) is 12.7 Å². The zero-order valence-corrected chi connectivity index (χ0v) is 14.6. The van der Waals surface area contributed by atoms with E-state index in [9.17, 15) is 28.0 Å². The molecule has 0 spiro atoms. The number of hydrogen-bond donors (Lipinski definition) is 3. The van der Waals surface area contributed by atoms with Crippen LogP contribution in [0.4, 0.5) is 18.0 Å². The van der Waals surface area contributed by atoms with Crippen molar-refractivity contribution in [1.29, 1.82) is 0 Å². The number of nitrogens with one attached hydrogen (secondary N) is 1. The number of halogens is 3. The van der Waals surface area contributed by atoms with Crippen LogP contribution in [0.3, 0.4) is 0 Å². The Morgan fingerprint density at radius 3 is 2.61 bits per heavy atom. The summed E-state index contributed by atoms with van der Waals surface area (Å²) in [5.41, 5.74) is 3.97. The Morgan fingerprint density at radius 1 is 1.29 bits per heavy atom. The molecule has 1 heterocycles. The Kier molecular flexibility index (Phi) is 6.33. The summed E-state index contributed by atoms with van der Waals surface area (Å²) < 4.78 is 44.1. The highest BCUT2D eigenvalue weighted by Crippen LogP contribution is 2.31. The second-order valence-corrected chi connectivity index (χ2v) is 5.63. The molecule has 1 aromatic heterocycles. The van der Waals surface area contributed by atoms with E-state index < -0.39 is 29.7 Å². The summed E-state index contributed by atoms with van der Waals surface area (Å²) in [6, 6.07) is 5.56. The summed E-state index contributed by atoms with van der Waals surface area (Å²) >= 11 is 0. The van der Waals surface area contributed by atoms with Crippen molar-refractivity contribution in [2.45, 2.75) is 25.7 Å². The van der Waals surface area contributed by atoms with Crippen LogP contribution >= 0.6 is 0 Å². The summed E-state index contributed by atoms with van der Waals surface area (Å²) in [4.78, 5) is 22.9. The van der Waals surface area contributed by atoms with Crippen molar-refractivity contribution in [3.05, 3.63) is 59.0 Å². The average Bonchev–Trinajstić information content (AvgIpc) is 3.12. The lowest BCUT2D eigenvalue weighted by Crippen LogP contribution is -2.38. The lowest BCUT2D eigenvalue weighted by Gasteiger charge is -2.14. The highest BCUT2D eigenvalue weighted by molar-refractivity contribution is 5.91. The highest BCUT2D eigenvalue weighted by Gasteiger charge is 2.32. The molecule has 0 aliphatic carbocycles. The van der Waals surface area contributed by atoms with Gasteiger partial charge in [-0.3, -0.25) is 10.0 Å². The predicted molar refractivity (Wildman–Crippen MR) is 90.9 cm³/mol. The Balaban J connectivity index is 2.04. The Hall–Kier alpha value is -3.45. The quantitative estimate of drug-likeness (QED) is 0.420. The molecule has 2 rings (SSSR count). The molecule has 3 amide bonds. The zero-order valence-electron chi connectivity index (χ0n) is 14.6. The highest BCUT2D eigenvalue weighted by atomic mass is 19.4. The number of benzene rings is 1. The molecule has 28 heavy (non-hydrogen) atoms. The van der Waals surface area contributed by atoms with Crippen molar-refractivity contribution in [2.24, 2.45) is 5.73 Å². The number of alkyl halides is 3. The largest absolute Gasteiger partial charge is 0.443 e. The SMILES string of the molecule is CC(C#Cc1ccc(C(=O)NCc2ccccc2C(F)(F)F)o1)N(O)C(N)=O. The number of hydrogen-bond acceptors (Lipinski definition) is 4. The Labute approximate surface area is 157 Å². The van der Waals surface area contributed by atoms with Gasteiger partial charge in [0, 0.05) is 6.54 Å². The maximum absolute atomic E-state index is 13.0. The number of urea groups is 1. The zero-order chi connectivity index (χ0) is 20.9. The number of hydroxylamine groups is 2. The third-order valence-electron chi connectivity index (χ3n) is 3.59. The van der Waals surface area contributed by atoms with Crippen molar-refractivity contribution < 1.29 is 32.4 Å². The molecule has 0 radical (unpaired) electrons. The van der Waals surface area contributed by atoms with E-state index in [2.05, 4.69) is 17.2 Å². The lowest BCUT2D eigenvalue weighted by atomic mass is 10.1. The van der Waals surface area contributed by atoms with Crippen molar-refractivity contribution in [3.63, 3.8) is 0 Å². The molecule has 7 nitrogen and oxygen atoms in total. The summed E-state index contributed by atoms with van der Waals surface area (Å²) in [5.74, 6) is 4.17. The van der Waals surface area contributed by atoms with Crippen LogP contribution in [0.15, 0.2) is 40.8 Å². The van der Waals surface area contributed by atoms with Crippen LogP contribution in [0.1, 0.15) is 34.4 Å². The van der Waals surface area contributed by atoms with E-state index >= 15 is 0 Å². The first-order valence-electron chi connectivity index (χ1n) is 7.92. The first kappa shape index (κ1) is 20.9. The van der Waals surface area contributed by atoms with Crippen LogP contribution in [0.2, 0.25) is 0 Å². The van der Waals surface area contributed by atoms with Crippen LogP contribution in [0.25, 0.3) is 0 Å². The van der Waals surface area contributed by atoms with Gasteiger partial charge >= 0.3 is 12.2 Å². The van der Waals surface area contributed by atoms with E-state index in [1.165, 1.54) is 37.3 Å². The van der Waals surface area contributed by atoms with Gasteiger partial charge in [0.2, 0.25) is 0 Å². The Bertz CT molecular complexity index is 928. The molecule has 4 N–H and O–H groups in total. The van der Waals surface area contributed by atoms with E-state index in [-0.39, 0.29) is 28.7 Å². The lowest BCUT2D eigenvalue weighted by molar-refractivity contribution is -0.138. The molecule has 0 fully saturated rings. The molecule has 1 aromatic carbocycles. The van der Waals surface area contributed by atoms with Crippen LogP contribution in [0.5, 0.6) is 0 Å². The van der Waals surface area contributed by atoms with E-state index in [1.807, 2.05) is 0 Å². The first-order valence-corrected chi connectivity index (χ1v) is 7.92. The summed E-state index contributed by atoms with van der Waals surface area (Å²) in [6.45, 7) is 1.07. The minimum absolute atomic E-state index is 0.0607. The number of furan rings is 1. The van der Waals surface area contributed by atoms with Gasteiger partial charge in [-0.05, 0) is 36.6 Å². The van der Waals surface area contributed by atoms with E-state index in [1.54, 1.807) is 0 Å². The second kappa shape index (κ2) is 8.49. The van der Waals surface area contributed by atoms with Gasteiger partial charge in [0.1, 0.15) is 6.04 Å². The van der Waals surface area contributed by atoms with Crippen molar-refractivity contribution >= 4 is 11.9 Å². The fourth-order valence-corrected chi connectivity index (χ4v) is 2.17. The van der Waals surface area contributed by atoms with Gasteiger partial charge in [0.15, 0.2) is 11.5 Å². The fraction of sp³-hybridized carbons (Fsp3) is 0.222. The number of amides is 3. The fourth-order valence-electron chi connectivity index (χ4n) is 2.17. The van der Waals surface area contributed by atoms with Gasteiger partial charge in [0.05, 0.1) is 5.56 Å². The van der Waals surface area contributed by atoms with E-state index in [4.69, 9.17) is 10.2 Å². The van der Waals surface area contributed by atoms with Gasteiger partial charge in [-0.1, -0.05) is 24.1 Å². The minimum atomic E-state index is -4.53. The number of rotatable bonds is 4. The van der Waals surface area contributed by atoms with Crippen molar-refractivity contribution in [3.8, 4) is 11.8 Å². The standard InChI is InChI=1S/C18H16F3N3O4/c1-11(24(27)17(22)26)6-7-13-8-9-15(28-13)16(25)23-10-12-4-2-3-5-14(12)18(19,20)21/h2-5,8-9,11,27H,10H2,1H3,(H2,22,26)(H,23,25). The Morgan fingerprint density at radius 2 is 1.96 bits per heavy atom. The second-order valence-electron chi connectivity index (χ2n) is 5.63. The van der Waals surface area contributed by atoms with Crippen LogP contribution < -0.4 is 11.1 Å². The van der Waals surface area contributed by atoms with Gasteiger partial charge in [-0.2, -0.15) is 18.2 Å². The van der Waals surface area contributed by atoms with Crippen molar-refractivity contribution in [2.75, 3.05) is 0 Å². The molecule has 0 aliphatic rings. The molecule has 1 unspecified atom stereocenters. The topological polar surface area (TPSA) is 109 Å².